The molecule has 5 heteroatoms. The van der Waals surface area contributed by atoms with Gasteiger partial charge in [0, 0.05) is 6.20 Å². The average molecular weight is 212 g/mol. The van der Waals surface area contributed by atoms with E-state index < -0.39 is 0 Å². The van der Waals surface area contributed by atoms with Gasteiger partial charge in [0.05, 0.1) is 24.3 Å². The van der Waals surface area contributed by atoms with E-state index in [1.54, 1.807) is 17.1 Å². The minimum atomic E-state index is 0.417. The Bertz CT molecular complexity index is 421. The fourth-order valence-electron chi connectivity index (χ4n) is 1.20. The Balaban J connectivity index is 2.10. The summed E-state index contributed by atoms with van der Waals surface area (Å²) in [7, 11) is 0. The second-order valence-electron chi connectivity index (χ2n) is 2.93. The summed E-state index contributed by atoms with van der Waals surface area (Å²) in [5, 5.41) is 4.66. The van der Waals surface area contributed by atoms with E-state index in [0.29, 0.717) is 18.1 Å². The first-order valence-corrected chi connectivity index (χ1v) is 4.61. The normalized spacial score (nSPS) is 10.7. The van der Waals surface area contributed by atoms with Crippen LogP contribution in [0.4, 0.5) is 0 Å². The summed E-state index contributed by atoms with van der Waals surface area (Å²) in [6.07, 6.45) is 3.33. The number of hydrogen-bond acceptors (Lipinski definition) is 3. The maximum Gasteiger partial charge on any atom is 0.125 e. The van der Waals surface area contributed by atoms with Crippen molar-refractivity contribution in [3.8, 4) is 0 Å². The Morgan fingerprint density at radius 3 is 2.79 bits per heavy atom. The Labute approximate surface area is 86.3 Å². The van der Waals surface area contributed by atoms with Gasteiger partial charge in [0.2, 0.25) is 0 Å². The van der Waals surface area contributed by atoms with Crippen molar-refractivity contribution in [2.75, 3.05) is 0 Å². The van der Waals surface area contributed by atoms with Gasteiger partial charge in [0.1, 0.15) is 11.5 Å². The van der Waals surface area contributed by atoms with Crippen LogP contribution >= 0.6 is 11.6 Å². The lowest BCUT2D eigenvalue weighted by Gasteiger charge is -1.96. The summed E-state index contributed by atoms with van der Waals surface area (Å²) in [6.45, 7) is 0.993. The number of furan rings is 1. The molecule has 14 heavy (non-hydrogen) atoms. The summed E-state index contributed by atoms with van der Waals surface area (Å²) in [4.78, 5) is 0. The molecule has 0 fully saturated rings. The molecule has 0 unspecified atom stereocenters. The van der Waals surface area contributed by atoms with Crippen molar-refractivity contribution >= 4 is 11.6 Å². The Hall–Kier alpha value is -1.26. The maximum atomic E-state index is 5.73. The fraction of sp³-hybridized carbons (Fsp3) is 0.222. The molecule has 2 aromatic heterocycles. The predicted octanol–water partition coefficient (Wildman–Crippen LogP) is 1.64. The van der Waals surface area contributed by atoms with Crippen LogP contribution in [0.1, 0.15) is 11.5 Å². The highest BCUT2D eigenvalue weighted by molar-refractivity contribution is 6.30. The van der Waals surface area contributed by atoms with Gasteiger partial charge in [-0.3, -0.25) is 4.68 Å². The van der Waals surface area contributed by atoms with E-state index in [-0.39, 0.29) is 0 Å². The highest BCUT2D eigenvalue weighted by atomic mass is 35.5. The van der Waals surface area contributed by atoms with Gasteiger partial charge < -0.3 is 10.2 Å². The van der Waals surface area contributed by atoms with E-state index in [4.69, 9.17) is 21.8 Å². The lowest BCUT2D eigenvalue weighted by atomic mass is 10.4. The molecule has 0 saturated carbocycles. The van der Waals surface area contributed by atoms with Gasteiger partial charge in [-0.1, -0.05) is 11.6 Å². The molecule has 0 aliphatic rings. The third-order valence-corrected chi connectivity index (χ3v) is 2.03. The second kappa shape index (κ2) is 3.86. The first-order valence-electron chi connectivity index (χ1n) is 4.23. The molecule has 0 aliphatic heterocycles. The van der Waals surface area contributed by atoms with E-state index in [2.05, 4.69) is 5.10 Å². The highest BCUT2D eigenvalue weighted by Gasteiger charge is 2.02. The van der Waals surface area contributed by atoms with Crippen LogP contribution < -0.4 is 5.73 Å². The number of halogens is 1. The molecule has 2 aromatic rings. The van der Waals surface area contributed by atoms with Crippen molar-refractivity contribution in [2.24, 2.45) is 5.73 Å². The molecule has 0 amide bonds. The monoisotopic (exact) mass is 211 g/mol. The van der Waals surface area contributed by atoms with Crippen LogP contribution in [0.3, 0.4) is 0 Å². The van der Waals surface area contributed by atoms with E-state index in [1.165, 1.54) is 0 Å². The van der Waals surface area contributed by atoms with Crippen LogP contribution in [0, 0.1) is 0 Å². The summed E-state index contributed by atoms with van der Waals surface area (Å²) in [5.74, 6) is 1.60. The first-order chi connectivity index (χ1) is 6.78. The van der Waals surface area contributed by atoms with Crippen molar-refractivity contribution in [1.29, 1.82) is 0 Å². The van der Waals surface area contributed by atoms with Crippen LogP contribution in [-0.4, -0.2) is 9.78 Å². The van der Waals surface area contributed by atoms with Crippen molar-refractivity contribution in [3.05, 3.63) is 41.1 Å². The summed E-state index contributed by atoms with van der Waals surface area (Å²) in [6, 6.07) is 3.75. The molecule has 0 bridgehead atoms. The quantitative estimate of drug-likeness (QED) is 0.840. The average Bonchev–Trinajstić information content (AvgIpc) is 2.76. The van der Waals surface area contributed by atoms with E-state index in [1.807, 2.05) is 12.1 Å². The van der Waals surface area contributed by atoms with E-state index in [0.717, 1.165) is 11.5 Å². The van der Waals surface area contributed by atoms with Gasteiger partial charge >= 0.3 is 0 Å². The van der Waals surface area contributed by atoms with Crippen LogP contribution in [0.15, 0.2) is 28.9 Å². The topological polar surface area (TPSA) is 57.0 Å². The van der Waals surface area contributed by atoms with Crippen LogP contribution in [-0.2, 0) is 13.1 Å². The van der Waals surface area contributed by atoms with Gasteiger partial charge in [-0.15, -0.1) is 0 Å². The number of nitrogens with two attached hydrogens (primary N) is 1. The molecule has 0 aliphatic carbocycles. The summed E-state index contributed by atoms with van der Waals surface area (Å²) >= 11 is 5.73. The third-order valence-electron chi connectivity index (χ3n) is 1.84. The lowest BCUT2D eigenvalue weighted by Crippen LogP contribution is -1.98. The predicted molar refractivity (Wildman–Crippen MR) is 52.9 cm³/mol. The van der Waals surface area contributed by atoms with Crippen LogP contribution in [0.5, 0.6) is 0 Å². The molecule has 2 N–H and O–H groups in total. The summed E-state index contributed by atoms with van der Waals surface area (Å²) < 4.78 is 7.13. The smallest absolute Gasteiger partial charge is 0.125 e. The van der Waals surface area contributed by atoms with Gasteiger partial charge in [-0.05, 0) is 12.1 Å². The van der Waals surface area contributed by atoms with E-state index in [9.17, 15) is 0 Å². The third kappa shape index (κ3) is 1.97. The van der Waals surface area contributed by atoms with Crippen molar-refractivity contribution in [3.63, 3.8) is 0 Å². The lowest BCUT2D eigenvalue weighted by molar-refractivity contribution is 0.446. The molecule has 0 aromatic carbocycles. The molecule has 2 rings (SSSR count). The van der Waals surface area contributed by atoms with Crippen LogP contribution in [0.2, 0.25) is 5.02 Å². The fourth-order valence-corrected chi connectivity index (χ4v) is 1.36. The van der Waals surface area contributed by atoms with Gasteiger partial charge in [0.15, 0.2) is 0 Å². The van der Waals surface area contributed by atoms with E-state index >= 15 is 0 Å². The Morgan fingerprint density at radius 2 is 2.21 bits per heavy atom. The number of nitrogens with zero attached hydrogens (tertiary/aromatic N) is 2. The zero-order valence-electron chi connectivity index (χ0n) is 7.48. The zero-order valence-corrected chi connectivity index (χ0v) is 8.24. The molecule has 0 spiro atoms. The van der Waals surface area contributed by atoms with Gasteiger partial charge in [0.25, 0.3) is 0 Å². The second-order valence-corrected chi connectivity index (χ2v) is 3.36. The number of aromatic nitrogens is 2. The van der Waals surface area contributed by atoms with Crippen molar-refractivity contribution in [1.82, 2.24) is 9.78 Å². The molecule has 4 nitrogen and oxygen atoms in total. The molecular weight excluding hydrogens is 202 g/mol. The maximum absolute atomic E-state index is 5.73. The minimum absolute atomic E-state index is 0.417. The number of rotatable bonds is 3. The van der Waals surface area contributed by atoms with Crippen molar-refractivity contribution < 1.29 is 4.42 Å². The molecule has 74 valence electrons. The number of hydrogen-bond donors (Lipinski definition) is 1. The van der Waals surface area contributed by atoms with Crippen LogP contribution in [0.25, 0.3) is 0 Å². The highest BCUT2D eigenvalue weighted by Crippen LogP contribution is 2.10. The van der Waals surface area contributed by atoms with Crippen molar-refractivity contribution in [2.45, 2.75) is 13.1 Å². The Kier molecular flexibility index (Phi) is 2.56. The molecule has 0 saturated heterocycles. The zero-order chi connectivity index (χ0) is 9.97. The van der Waals surface area contributed by atoms with Gasteiger partial charge in [-0.2, -0.15) is 5.10 Å². The minimum Gasteiger partial charge on any atom is -0.463 e. The molecule has 0 atom stereocenters. The molecule has 0 radical (unpaired) electrons. The van der Waals surface area contributed by atoms with Gasteiger partial charge in [-0.25, -0.2) is 0 Å². The molecule has 2 heterocycles. The Morgan fingerprint density at radius 1 is 1.43 bits per heavy atom. The summed E-state index contributed by atoms with van der Waals surface area (Å²) in [5.41, 5.74) is 5.42. The molecular formula is C9H10ClN3O. The first kappa shape index (κ1) is 9.30. The SMILES string of the molecule is NCc1ccc(Cn2cc(Cl)cn2)o1. The standard InChI is InChI=1S/C9H10ClN3O/c10-7-4-12-13(5-7)6-9-2-1-8(3-11)14-9/h1-2,4-5H,3,6,11H2. The largest absolute Gasteiger partial charge is 0.463 e.